The van der Waals surface area contributed by atoms with Crippen LogP contribution in [0.3, 0.4) is 0 Å². The molecule has 1 atom stereocenters. The van der Waals surface area contributed by atoms with Gasteiger partial charge in [0.1, 0.15) is 17.4 Å². The smallest absolute Gasteiger partial charge is 0.122 e. The standard InChI is InChI=1S/C24H22N4O/c1-29-22-13-7-2-8-16(22)14-17(24-27-20-11-5-6-12-21(20)28-24)15-23-25-18-9-3-4-10-19(18)26-23/h2-13,17H,14-15H2,1H3,(H,25,26)(H,27,28)/t17-/m0/s1. The van der Waals surface area contributed by atoms with Gasteiger partial charge in [0, 0.05) is 12.3 Å². The molecule has 3 aromatic carbocycles. The van der Waals surface area contributed by atoms with Crippen molar-refractivity contribution in [1.29, 1.82) is 0 Å². The van der Waals surface area contributed by atoms with Crippen molar-refractivity contribution in [2.24, 2.45) is 0 Å². The average Bonchev–Trinajstić information content (AvgIpc) is 3.37. The van der Waals surface area contributed by atoms with Gasteiger partial charge in [0.05, 0.1) is 29.2 Å². The second-order valence-electron chi connectivity index (χ2n) is 7.26. The van der Waals surface area contributed by atoms with Crippen LogP contribution in [0.25, 0.3) is 22.1 Å². The van der Waals surface area contributed by atoms with Crippen molar-refractivity contribution in [3.05, 3.63) is 90.0 Å². The number of aromatic amines is 2. The van der Waals surface area contributed by atoms with Gasteiger partial charge >= 0.3 is 0 Å². The number of nitrogens with one attached hydrogen (secondary N) is 2. The second kappa shape index (κ2) is 7.43. The molecule has 0 bridgehead atoms. The molecule has 5 rings (SSSR count). The molecule has 0 fully saturated rings. The van der Waals surface area contributed by atoms with E-state index in [0.717, 1.165) is 57.9 Å². The van der Waals surface area contributed by atoms with Crippen LogP contribution in [0.15, 0.2) is 72.8 Å². The number of hydrogen-bond donors (Lipinski definition) is 2. The summed E-state index contributed by atoms with van der Waals surface area (Å²) in [6, 6.07) is 24.4. The molecular weight excluding hydrogens is 360 g/mol. The zero-order valence-corrected chi connectivity index (χ0v) is 16.2. The SMILES string of the molecule is COc1ccccc1C[C@@H](Cc1nc2ccccc2[nH]1)c1nc2ccccc2[nH]1. The van der Waals surface area contributed by atoms with Crippen molar-refractivity contribution in [3.63, 3.8) is 0 Å². The highest BCUT2D eigenvalue weighted by atomic mass is 16.5. The van der Waals surface area contributed by atoms with E-state index in [1.54, 1.807) is 7.11 Å². The van der Waals surface area contributed by atoms with Crippen LogP contribution < -0.4 is 4.74 Å². The predicted molar refractivity (Wildman–Crippen MR) is 115 cm³/mol. The molecule has 0 aliphatic heterocycles. The first kappa shape index (κ1) is 17.5. The maximum Gasteiger partial charge on any atom is 0.122 e. The van der Waals surface area contributed by atoms with Crippen molar-refractivity contribution in [1.82, 2.24) is 19.9 Å². The van der Waals surface area contributed by atoms with Gasteiger partial charge < -0.3 is 14.7 Å². The van der Waals surface area contributed by atoms with Crippen LogP contribution in [0, 0.1) is 0 Å². The van der Waals surface area contributed by atoms with E-state index in [4.69, 9.17) is 14.7 Å². The maximum absolute atomic E-state index is 5.59. The third kappa shape index (κ3) is 3.47. The summed E-state index contributed by atoms with van der Waals surface area (Å²) >= 11 is 0. The van der Waals surface area contributed by atoms with Crippen LogP contribution in [-0.4, -0.2) is 27.0 Å². The molecule has 0 amide bonds. The fourth-order valence-electron chi connectivity index (χ4n) is 3.90. The van der Waals surface area contributed by atoms with Gasteiger partial charge in [-0.3, -0.25) is 0 Å². The normalized spacial score (nSPS) is 12.4. The van der Waals surface area contributed by atoms with Crippen molar-refractivity contribution in [2.45, 2.75) is 18.8 Å². The van der Waals surface area contributed by atoms with Crippen molar-refractivity contribution < 1.29 is 4.74 Å². The van der Waals surface area contributed by atoms with Crippen molar-refractivity contribution in [3.8, 4) is 5.75 Å². The summed E-state index contributed by atoms with van der Waals surface area (Å²) in [4.78, 5) is 16.6. The van der Waals surface area contributed by atoms with E-state index in [1.165, 1.54) is 0 Å². The highest BCUT2D eigenvalue weighted by molar-refractivity contribution is 5.75. The van der Waals surface area contributed by atoms with Crippen LogP contribution in [0.1, 0.15) is 23.1 Å². The van der Waals surface area contributed by atoms with Gasteiger partial charge in [-0.2, -0.15) is 0 Å². The number of fused-ring (bicyclic) bond motifs is 2. The van der Waals surface area contributed by atoms with E-state index in [-0.39, 0.29) is 5.92 Å². The number of benzene rings is 3. The van der Waals surface area contributed by atoms with Crippen LogP contribution in [0.5, 0.6) is 5.75 Å². The zero-order chi connectivity index (χ0) is 19.6. The van der Waals surface area contributed by atoms with E-state index in [0.29, 0.717) is 0 Å². The van der Waals surface area contributed by atoms with Crippen molar-refractivity contribution in [2.75, 3.05) is 7.11 Å². The summed E-state index contributed by atoms with van der Waals surface area (Å²) < 4.78 is 5.59. The summed E-state index contributed by atoms with van der Waals surface area (Å²) in [7, 11) is 1.72. The first-order valence-electron chi connectivity index (χ1n) is 9.80. The topological polar surface area (TPSA) is 66.6 Å². The largest absolute Gasteiger partial charge is 0.496 e. The van der Waals surface area contributed by atoms with Crippen LogP contribution in [0.2, 0.25) is 0 Å². The Balaban J connectivity index is 1.54. The molecule has 29 heavy (non-hydrogen) atoms. The number of hydrogen-bond acceptors (Lipinski definition) is 3. The summed E-state index contributed by atoms with van der Waals surface area (Å²) in [5.41, 5.74) is 5.25. The van der Waals surface area contributed by atoms with Crippen LogP contribution in [0.4, 0.5) is 0 Å². The number of H-pyrrole nitrogens is 2. The molecule has 2 N–H and O–H groups in total. The van der Waals surface area contributed by atoms with Gasteiger partial charge in [-0.15, -0.1) is 0 Å². The summed E-state index contributed by atoms with van der Waals surface area (Å²) in [6.45, 7) is 0. The molecule has 2 heterocycles. The van der Waals surface area contributed by atoms with Gasteiger partial charge in [-0.1, -0.05) is 42.5 Å². The predicted octanol–water partition coefficient (Wildman–Crippen LogP) is 5.02. The molecule has 0 radical (unpaired) electrons. The third-order valence-corrected chi connectivity index (χ3v) is 5.33. The third-order valence-electron chi connectivity index (χ3n) is 5.33. The second-order valence-corrected chi connectivity index (χ2v) is 7.26. The molecule has 0 saturated heterocycles. The minimum absolute atomic E-state index is 0.138. The number of aromatic nitrogens is 4. The van der Waals surface area contributed by atoms with Gasteiger partial charge in [-0.25, -0.2) is 9.97 Å². The quantitative estimate of drug-likeness (QED) is 0.433. The number of para-hydroxylation sites is 5. The van der Waals surface area contributed by atoms with E-state index in [9.17, 15) is 0 Å². The monoisotopic (exact) mass is 382 g/mol. The Morgan fingerprint density at radius 1 is 0.759 bits per heavy atom. The van der Waals surface area contributed by atoms with Gasteiger partial charge in [0.25, 0.3) is 0 Å². The molecule has 0 spiro atoms. The number of rotatable bonds is 6. The number of methoxy groups -OCH3 is 1. The summed E-state index contributed by atoms with van der Waals surface area (Å²) in [5.74, 6) is 2.97. The van der Waals surface area contributed by atoms with Crippen LogP contribution >= 0.6 is 0 Å². The Morgan fingerprint density at radius 2 is 1.41 bits per heavy atom. The highest BCUT2D eigenvalue weighted by Crippen LogP contribution is 2.29. The number of imidazole rings is 2. The molecule has 5 nitrogen and oxygen atoms in total. The maximum atomic E-state index is 5.59. The Bertz CT molecular complexity index is 1200. The lowest BCUT2D eigenvalue weighted by Crippen LogP contribution is -2.10. The average molecular weight is 382 g/mol. The fraction of sp³-hybridized carbons (Fsp3) is 0.167. The molecule has 0 unspecified atom stereocenters. The molecular formula is C24H22N4O. The lowest BCUT2D eigenvalue weighted by atomic mass is 9.94. The van der Waals surface area contributed by atoms with Gasteiger partial charge in [0.2, 0.25) is 0 Å². The van der Waals surface area contributed by atoms with Gasteiger partial charge in [-0.05, 0) is 42.3 Å². The summed E-state index contributed by atoms with van der Waals surface area (Å²) in [5, 5.41) is 0. The zero-order valence-electron chi connectivity index (χ0n) is 16.2. The molecule has 5 heteroatoms. The Hall–Kier alpha value is -3.60. The van der Waals surface area contributed by atoms with E-state index in [2.05, 4.69) is 34.2 Å². The first-order valence-corrected chi connectivity index (χ1v) is 9.80. The Morgan fingerprint density at radius 3 is 2.14 bits per heavy atom. The fourth-order valence-corrected chi connectivity index (χ4v) is 3.90. The summed E-state index contributed by atoms with van der Waals surface area (Å²) in [6.07, 6.45) is 1.56. The van der Waals surface area contributed by atoms with E-state index >= 15 is 0 Å². The Kier molecular flexibility index (Phi) is 4.48. The van der Waals surface area contributed by atoms with E-state index < -0.39 is 0 Å². The Labute approximate surface area is 168 Å². The van der Waals surface area contributed by atoms with Crippen LogP contribution in [-0.2, 0) is 12.8 Å². The lowest BCUT2D eigenvalue weighted by molar-refractivity contribution is 0.407. The number of ether oxygens (including phenoxy) is 1. The molecule has 144 valence electrons. The minimum Gasteiger partial charge on any atom is -0.496 e. The highest BCUT2D eigenvalue weighted by Gasteiger charge is 2.21. The molecule has 0 aliphatic carbocycles. The van der Waals surface area contributed by atoms with Gasteiger partial charge in [0.15, 0.2) is 0 Å². The molecule has 5 aromatic rings. The minimum atomic E-state index is 0.138. The first-order chi connectivity index (χ1) is 14.3. The molecule has 0 aliphatic rings. The van der Waals surface area contributed by atoms with Crippen molar-refractivity contribution >= 4 is 22.1 Å². The molecule has 0 saturated carbocycles. The lowest BCUT2D eigenvalue weighted by Gasteiger charge is -2.16. The number of nitrogens with zero attached hydrogens (tertiary/aromatic N) is 2. The van der Waals surface area contributed by atoms with E-state index in [1.807, 2.05) is 48.5 Å². The molecule has 2 aromatic heterocycles.